The summed E-state index contributed by atoms with van der Waals surface area (Å²) in [7, 11) is 1.97. The van der Waals surface area contributed by atoms with Crippen LogP contribution >= 0.6 is 11.3 Å². The highest BCUT2D eigenvalue weighted by atomic mass is 32.1. The van der Waals surface area contributed by atoms with Gasteiger partial charge in [-0.3, -0.25) is 0 Å². The predicted octanol–water partition coefficient (Wildman–Crippen LogP) is 3.43. The summed E-state index contributed by atoms with van der Waals surface area (Å²) in [5.74, 6) is 1.51. The van der Waals surface area contributed by atoms with E-state index in [-0.39, 0.29) is 0 Å². The summed E-state index contributed by atoms with van der Waals surface area (Å²) in [6.07, 6.45) is 5.55. The molecule has 0 aromatic carbocycles. The zero-order chi connectivity index (χ0) is 14.8. The molecule has 0 aliphatic carbocycles. The van der Waals surface area contributed by atoms with Crippen molar-refractivity contribution in [2.24, 2.45) is 7.05 Å². The summed E-state index contributed by atoms with van der Waals surface area (Å²) in [6, 6.07) is 4.39. The molecule has 0 saturated heterocycles. The largest absolute Gasteiger partial charge is 0.352 e. The Labute approximate surface area is 127 Å². The van der Waals surface area contributed by atoms with Crippen molar-refractivity contribution >= 4 is 17.3 Å². The maximum Gasteiger partial charge on any atom is 0.223 e. The fourth-order valence-corrected chi connectivity index (χ4v) is 2.83. The molecule has 6 heteroatoms. The van der Waals surface area contributed by atoms with Gasteiger partial charge in [0.15, 0.2) is 0 Å². The number of imidazole rings is 1. The Morgan fingerprint density at radius 3 is 2.76 bits per heavy atom. The Morgan fingerprint density at radius 2 is 2.14 bits per heavy atom. The molecule has 3 rings (SSSR count). The fourth-order valence-electron chi connectivity index (χ4n) is 2.10. The average Bonchev–Trinajstić information content (AvgIpc) is 3.09. The van der Waals surface area contributed by atoms with E-state index < -0.39 is 0 Å². The summed E-state index contributed by atoms with van der Waals surface area (Å²) in [6.45, 7) is 4.14. The van der Waals surface area contributed by atoms with Gasteiger partial charge in [-0.25, -0.2) is 15.0 Å². The van der Waals surface area contributed by atoms with E-state index in [1.165, 1.54) is 0 Å². The normalized spacial score (nSPS) is 11.0. The molecule has 0 radical (unpaired) electrons. The van der Waals surface area contributed by atoms with E-state index in [9.17, 15) is 0 Å². The van der Waals surface area contributed by atoms with Crippen LogP contribution in [0, 0.1) is 0 Å². The second-order valence-corrected chi connectivity index (χ2v) is 6.04. The molecule has 1 N–H and O–H groups in total. The number of nitrogens with one attached hydrogen (secondary N) is 1. The van der Waals surface area contributed by atoms with Gasteiger partial charge in [0.05, 0.1) is 16.1 Å². The number of hydrogen-bond donors (Lipinski definition) is 1. The fraction of sp³-hybridized carbons (Fsp3) is 0.267. The number of anilines is 1. The second kappa shape index (κ2) is 5.65. The standard InChI is InChI=1S/C15H17N5S/c1-10(2)18-15-17-9-11(14-16-6-7-20(14)3)13(19-15)12-5-4-8-21-12/h4-10H,1-3H3,(H,17,18,19). The Morgan fingerprint density at radius 1 is 1.29 bits per heavy atom. The Bertz CT molecular complexity index is 730. The lowest BCUT2D eigenvalue weighted by Gasteiger charge is -2.12. The summed E-state index contributed by atoms with van der Waals surface area (Å²) in [5.41, 5.74) is 1.86. The van der Waals surface area contributed by atoms with Crippen LogP contribution in [0.1, 0.15) is 13.8 Å². The maximum absolute atomic E-state index is 4.69. The van der Waals surface area contributed by atoms with Crippen LogP contribution in [-0.2, 0) is 7.05 Å². The zero-order valence-corrected chi connectivity index (χ0v) is 13.1. The topological polar surface area (TPSA) is 55.6 Å². The zero-order valence-electron chi connectivity index (χ0n) is 12.2. The van der Waals surface area contributed by atoms with E-state index in [2.05, 4.69) is 45.6 Å². The van der Waals surface area contributed by atoms with Gasteiger partial charge in [-0.2, -0.15) is 0 Å². The van der Waals surface area contributed by atoms with Crippen molar-refractivity contribution in [2.45, 2.75) is 19.9 Å². The minimum absolute atomic E-state index is 0.292. The number of aryl methyl sites for hydroxylation is 1. The van der Waals surface area contributed by atoms with E-state index in [0.717, 1.165) is 22.0 Å². The van der Waals surface area contributed by atoms with E-state index in [1.54, 1.807) is 17.5 Å². The van der Waals surface area contributed by atoms with Gasteiger partial charge in [-0.15, -0.1) is 11.3 Å². The van der Waals surface area contributed by atoms with Crippen molar-refractivity contribution in [3.63, 3.8) is 0 Å². The van der Waals surface area contributed by atoms with Crippen molar-refractivity contribution in [1.82, 2.24) is 19.5 Å². The number of nitrogens with zero attached hydrogens (tertiary/aromatic N) is 4. The highest BCUT2D eigenvalue weighted by molar-refractivity contribution is 7.13. The van der Waals surface area contributed by atoms with Crippen LogP contribution < -0.4 is 5.32 Å². The molecule has 3 aromatic rings. The summed E-state index contributed by atoms with van der Waals surface area (Å²) in [5, 5.41) is 5.30. The third-order valence-electron chi connectivity index (χ3n) is 3.02. The highest BCUT2D eigenvalue weighted by Crippen LogP contribution is 2.32. The maximum atomic E-state index is 4.69. The van der Waals surface area contributed by atoms with E-state index in [0.29, 0.717) is 12.0 Å². The lowest BCUT2D eigenvalue weighted by atomic mass is 10.2. The Kier molecular flexibility index (Phi) is 3.70. The molecule has 0 fully saturated rings. The van der Waals surface area contributed by atoms with Crippen molar-refractivity contribution < 1.29 is 0 Å². The van der Waals surface area contributed by atoms with Gasteiger partial charge < -0.3 is 9.88 Å². The molecule has 108 valence electrons. The minimum Gasteiger partial charge on any atom is -0.352 e. The lowest BCUT2D eigenvalue weighted by Crippen LogP contribution is -2.13. The molecular formula is C15H17N5S. The third kappa shape index (κ3) is 2.80. The lowest BCUT2D eigenvalue weighted by molar-refractivity contribution is 0.873. The smallest absolute Gasteiger partial charge is 0.223 e. The van der Waals surface area contributed by atoms with Gasteiger partial charge in [0.2, 0.25) is 5.95 Å². The molecule has 3 aromatic heterocycles. The van der Waals surface area contributed by atoms with Gasteiger partial charge in [0, 0.05) is 31.7 Å². The van der Waals surface area contributed by atoms with Gasteiger partial charge >= 0.3 is 0 Å². The van der Waals surface area contributed by atoms with Gasteiger partial charge in [0.25, 0.3) is 0 Å². The van der Waals surface area contributed by atoms with Gasteiger partial charge in [-0.1, -0.05) is 6.07 Å². The number of rotatable bonds is 4. The molecule has 5 nitrogen and oxygen atoms in total. The van der Waals surface area contributed by atoms with Crippen molar-refractivity contribution in [3.8, 4) is 22.0 Å². The number of hydrogen-bond acceptors (Lipinski definition) is 5. The first kappa shape index (κ1) is 13.8. The predicted molar refractivity (Wildman–Crippen MR) is 86.3 cm³/mol. The minimum atomic E-state index is 0.292. The van der Waals surface area contributed by atoms with Gasteiger partial charge in [0.1, 0.15) is 5.82 Å². The molecule has 0 aliphatic rings. The monoisotopic (exact) mass is 299 g/mol. The van der Waals surface area contributed by atoms with Crippen LogP contribution in [0.2, 0.25) is 0 Å². The SMILES string of the molecule is CC(C)Nc1ncc(-c2nccn2C)c(-c2cccs2)n1. The first-order valence-corrected chi connectivity index (χ1v) is 7.68. The first-order valence-electron chi connectivity index (χ1n) is 6.80. The molecule has 21 heavy (non-hydrogen) atoms. The molecule has 0 atom stereocenters. The summed E-state index contributed by atoms with van der Waals surface area (Å²) < 4.78 is 1.98. The van der Waals surface area contributed by atoms with Gasteiger partial charge in [-0.05, 0) is 25.3 Å². The summed E-state index contributed by atoms with van der Waals surface area (Å²) >= 11 is 1.67. The van der Waals surface area contributed by atoms with Crippen LogP contribution in [0.5, 0.6) is 0 Å². The highest BCUT2D eigenvalue weighted by Gasteiger charge is 2.15. The summed E-state index contributed by atoms with van der Waals surface area (Å²) in [4.78, 5) is 14.6. The number of aromatic nitrogens is 4. The molecule has 0 unspecified atom stereocenters. The molecule has 0 aliphatic heterocycles. The van der Waals surface area contributed by atoms with Crippen LogP contribution in [0.4, 0.5) is 5.95 Å². The van der Waals surface area contributed by atoms with Crippen LogP contribution in [0.25, 0.3) is 22.0 Å². The molecular weight excluding hydrogens is 282 g/mol. The molecule has 3 heterocycles. The second-order valence-electron chi connectivity index (χ2n) is 5.09. The van der Waals surface area contributed by atoms with E-state index >= 15 is 0 Å². The van der Waals surface area contributed by atoms with E-state index in [1.807, 2.05) is 30.1 Å². The Balaban J connectivity index is 2.14. The van der Waals surface area contributed by atoms with Crippen molar-refractivity contribution in [3.05, 3.63) is 36.1 Å². The quantitative estimate of drug-likeness (QED) is 0.802. The first-order chi connectivity index (χ1) is 10.1. The molecule has 0 spiro atoms. The van der Waals surface area contributed by atoms with Crippen molar-refractivity contribution in [2.75, 3.05) is 5.32 Å². The molecule has 0 bridgehead atoms. The Hall–Kier alpha value is -2.21. The average molecular weight is 299 g/mol. The third-order valence-corrected chi connectivity index (χ3v) is 3.90. The van der Waals surface area contributed by atoms with Crippen molar-refractivity contribution in [1.29, 1.82) is 0 Å². The van der Waals surface area contributed by atoms with Crippen LogP contribution in [0.3, 0.4) is 0 Å². The van der Waals surface area contributed by atoms with Crippen LogP contribution in [0.15, 0.2) is 36.1 Å². The molecule has 0 saturated carbocycles. The molecule has 0 amide bonds. The van der Waals surface area contributed by atoms with Crippen LogP contribution in [-0.4, -0.2) is 25.6 Å². The van der Waals surface area contributed by atoms with E-state index in [4.69, 9.17) is 0 Å². The number of thiophene rings is 1.